The third kappa shape index (κ3) is 8.95. The van der Waals surface area contributed by atoms with Crippen LogP contribution in [0.25, 0.3) is 11.6 Å². The first-order valence-electron chi connectivity index (χ1n) is 16.6. The molecule has 1 aromatic carbocycles. The van der Waals surface area contributed by atoms with E-state index < -0.39 is 5.41 Å². The number of hydrogen-bond acceptors (Lipinski definition) is 5. The summed E-state index contributed by atoms with van der Waals surface area (Å²) in [4.78, 5) is 20.0. The second-order valence-electron chi connectivity index (χ2n) is 12.5. The highest BCUT2D eigenvalue weighted by atomic mass is 35.5. The Kier molecular flexibility index (Phi) is 13.9. The molecule has 2 aliphatic rings. The average Bonchev–Trinajstić information content (AvgIpc) is 3.30. The quantitative estimate of drug-likeness (QED) is 0.234. The van der Waals surface area contributed by atoms with Crippen LogP contribution in [0.5, 0.6) is 5.75 Å². The number of benzene rings is 1. The number of likely N-dealkylation sites (tertiary alicyclic amines) is 1. The maximum atomic E-state index is 12.9. The van der Waals surface area contributed by atoms with Crippen LogP contribution in [0.1, 0.15) is 96.9 Å². The van der Waals surface area contributed by atoms with Gasteiger partial charge in [-0.2, -0.15) is 0 Å². The van der Waals surface area contributed by atoms with Crippen LogP contribution in [-0.4, -0.2) is 53.7 Å². The highest BCUT2D eigenvalue weighted by Gasteiger charge is 2.48. The highest BCUT2D eigenvalue weighted by molar-refractivity contribution is 6.31. The summed E-state index contributed by atoms with van der Waals surface area (Å²) in [5, 5.41) is 12.3. The number of anilines is 1. The maximum Gasteiger partial charge on any atom is 0.235 e. The van der Waals surface area contributed by atoms with E-state index in [-0.39, 0.29) is 5.91 Å². The van der Waals surface area contributed by atoms with E-state index in [0.29, 0.717) is 36.0 Å². The van der Waals surface area contributed by atoms with Crippen molar-refractivity contribution in [2.75, 3.05) is 38.2 Å². The predicted molar refractivity (Wildman–Crippen MR) is 185 cm³/mol. The summed E-state index contributed by atoms with van der Waals surface area (Å²) in [7, 11) is 0. The largest absolute Gasteiger partial charge is 0.491 e. The maximum absolute atomic E-state index is 12.9. The number of hydrogen-bond donors (Lipinski definition) is 2. The Morgan fingerprint density at radius 2 is 1.84 bits per heavy atom. The van der Waals surface area contributed by atoms with E-state index in [9.17, 15) is 4.79 Å². The van der Waals surface area contributed by atoms with Gasteiger partial charge in [-0.3, -0.25) is 14.7 Å². The predicted octanol–water partition coefficient (Wildman–Crippen LogP) is 8.63. The number of aliphatic hydroxyl groups excluding tert-OH is 1. The van der Waals surface area contributed by atoms with Gasteiger partial charge in [-0.1, -0.05) is 91.1 Å². The minimum Gasteiger partial charge on any atom is -0.491 e. The van der Waals surface area contributed by atoms with Crippen molar-refractivity contribution in [1.82, 2.24) is 9.88 Å². The zero-order valence-electron chi connectivity index (χ0n) is 27.8. The highest BCUT2D eigenvalue weighted by Crippen LogP contribution is 2.45. The Morgan fingerprint density at radius 3 is 2.43 bits per heavy atom. The minimum absolute atomic E-state index is 0.101. The Hall–Kier alpha value is -2.67. The molecule has 44 heavy (non-hydrogen) atoms. The zero-order chi connectivity index (χ0) is 32.3. The van der Waals surface area contributed by atoms with E-state index in [1.54, 1.807) is 0 Å². The number of carbonyl (C=O) groups is 1. The van der Waals surface area contributed by atoms with E-state index in [4.69, 9.17) is 26.4 Å². The molecule has 4 rings (SSSR count). The number of rotatable bonds is 13. The second kappa shape index (κ2) is 17.1. The third-order valence-electron chi connectivity index (χ3n) is 9.63. The van der Waals surface area contributed by atoms with E-state index in [1.165, 1.54) is 0 Å². The number of aromatic nitrogens is 1. The molecule has 2 unspecified atom stereocenters. The summed E-state index contributed by atoms with van der Waals surface area (Å²) in [6, 6.07) is 7.78. The molecule has 2 atom stereocenters. The summed E-state index contributed by atoms with van der Waals surface area (Å²) >= 11 is 6.25. The lowest BCUT2D eigenvalue weighted by molar-refractivity contribution is -0.122. The minimum atomic E-state index is -0.466. The molecule has 1 amide bonds. The molecule has 0 aliphatic carbocycles. The molecule has 1 spiro atoms. The van der Waals surface area contributed by atoms with E-state index in [1.807, 2.05) is 24.4 Å². The van der Waals surface area contributed by atoms with Gasteiger partial charge in [-0.25, -0.2) is 0 Å². The van der Waals surface area contributed by atoms with Gasteiger partial charge in [0.15, 0.2) is 0 Å². The third-order valence-corrected chi connectivity index (χ3v) is 9.87. The van der Waals surface area contributed by atoms with Gasteiger partial charge in [0.1, 0.15) is 12.4 Å². The topological polar surface area (TPSA) is 74.7 Å². The van der Waals surface area contributed by atoms with Crippen LogP contribution >= 0.6 is 11.6 Å². The Labute approximate surface area is 270 Å². The smallest absolute Gasteiger partial charge is 0.235 e. The number of pyridine rings is 1. The molecule has 0 bridgehead atoms. The van der Waals surface area contributed by atoms with Crippen molar-refractivity contribution in [3.8, 4) is 5.75 Å². The number of ether oxygens (including phenoxy) is 1. The van der Waals surface area contributed by atoms with Crippen molar-refractivity contribution < 1.29 is 14.6 Å². The number of aliphatic hydroxyl groups is 1. The van der Waals surface area contributed by atoms with Crippen LogP contribution in [-0.2, 0) is 10.2 Å². The van der Waals surface area contributed by atoms with Crippen LogP contribution < -0.4 is 10.1 Å². The Balaban J connectivity index is 0.000000676. The Bertz CT molecular complexity index is 1260. The zero-order valence-corrected chi connectivity index (χ0v) is 28.6. The van der Waals surface area contributed by atoms with Crippen molar-refractivity contribution in [2.24, 2.45) is 17.8 Å². The molecule has 2 aromatic rings. The molecule has 242 valence electrons. The van der Waals surface area contributed by atoms with E-state index in [0.717, 1.165) is 92.0 Å². The van der Waals surface area contributed by atoms with Gasteiger partial charge < -0.3 is 15.2 Å². The van der Waals surface area contributed by atoms with Gasteiger partial charge in [0.25, 0.3) is 0 Å². The first-order chi connectivity index (χ1) is 21.1. The number of halogens is 1. The molecule has 0 saturated carbocycles. The molecule has 2 aliphatic heterocycles. The summed E-state index contributed by atoms with van der Waals surface area (Å²) < 4.78 is 6.15. The number of nitrogens with one attached hydrogen (secondary N) is 1. The second-order valence-corrected chi connectivity index (χ2v) is 12.9. The SMILES string of the molecule is C=C(c1ncc(OCCN2CCC3(CC2)C(=O)Nc2ccc(Cl)cc23)cc1/C=C\C(C)CC)C(C)CC.CCC(CC)CO. The van der Waals surface area contributed by atoms with E-state index >= 15 is 0 Å². The molecule has 1 saturated heterocycles. The van der Waals surface area contributed by atoms with Crippen molar-refractivity contribution in [3.63, 3.8) is 0 Å². The molecule has 3 heterocycles. The van der Waals surface area contributed by atoms with Crippen LogP contribution in [0.3, 0.4) is 0 Å². The van der Waals surface area contributed by atoms with Crippen LogP contribution in [0.2, 0.25) is 5.02 Å². The monoisotopic (exact) mass is 623 g/mol. The standard InChI is InChI=1S/C31H40ClN3O2.C6H14O/c1-6-21(3)8-9-24-18-26(20-33-29(24)23(5)22(4)7-2)37-17-16-35-14-12-31(13-15-35)27-19-25(32)10-11-28(27)34-30(31)36;1-3-6(4-2)5-7/h8-11,18-22H,5-7,12-17H2,1-4H3,(H,34,36);6-7H,3-5H2,1-2H3/b9-8-;. The van der Waals surface area contributed by atoms with Gasteiger partial charge in [0, 0.05) is 29.4 Å². The molecule has 1 aromatic heterocycles. The van der Waals surface area contributed by atoms with E-state index in [2.05, 4.69) is 76.6 Å². The van der Waals surface area contributed by atoms with Gasteiger partial charge in [0.2, 0.25) is 5.91 Å². The first-order valence-corrected chi connectivity index (χ1v) is 16.9. The Morgan fingerprint density at radius 1 is 1.14 bits per heavy atom. The lowest BCUT2D eigenvalue weighted by atomic mass is 9.73. The number of amides is 1. The molecule has 1 fully saturated rings. The number of fused-ring (bicyclic) bond motifs is 2. The number of carbonyl (C=O) groups excluding carboxylic acids is 1. The molecule has 7 heteroatoms. The van der Waals surface area contributed by atoms with Crippen molar-refractivity contribution in [1.29, 1.82) is 0 Å². The van der Waals surface area contributed by atoms with Crippen LogP contribution in [0.15, 0.2) is 43.1 Å². The molecule has 0 radical (unpaired) electrons. The van der Waals surface area contributed by atoms with Crippen molar-refractivity contribution in [2.45, 2.75) is 85.5 Å². The first kappa shape index (κ1) is 35.8. The van der Waals surface area contributed by atoms with Crippen LogP contribution in [0, 0.1) is 17.8 Å². The van der Waals surface area contributed by atoms with Crippen molar-refractivity contribution >= 4 is 34.8 Å². The fourth-order valence-corrected chi connectivity index (χ4v) is 5.87. The number of nitrogens with zero attached hydrogens (tertiary/aromatic N) is 2. The fraction of sp³-hybridized carbons (Fsp3) is 0.568. The molecule has 6 nitrogen and oxygen atoms in total. The molecule has 2 N–H and O–H groups in total. The molecular formula is C37H54ClN3O3. The normalized spacial score (nSPS) is 17.2. The lowest BCUT2D eigenvalue weighted by Gasteiger charge is -2.37. The van der Waals surface area contributed by atoms with Crippen LogP contribution in [0.4, 0.5) is 5.69 Å². The summed E-state index contributed by atoms with van der Waals surface area (Å²) in [5.41, 5.74) is 4.57. The van der Waals surface area contributed by atoms with Gasteiger partial charge in [0.05, 0.1) is 17.3 Å². The van der Waals surface area contributed by atoms with Gasteiger partial charge in [-0.15, -0.1) is 0 Å². The fourth-order valence-electron chi connectivity index (χ4n) is 5.70. The summed E-state index contributed by atoms with van der Waals surface area (Å²) in [6.07, 6.45) is 12.1. The van der Waals surface area contributed by atoms with Crippen molar-refractivity contribution in [3.05, 3.63) is 65.0 Å². The summed E-state index contributed by atoms with van der Waals surface area (Å²) in [6.45, 7) is 20.7. The lowest BCUT2D eigenvalue weighted by Crippen LogP contribution is -2.47. The number of piperidine rings is 1. The number of allylic oxidation sites excluding steroid dienone is 2. The van der Waals surface area contributed by atoms with Gasteiger partial charge >= 0.3 is 0 Å². The molecular weight excluding hydrogens is 570 g/mol. The summed E-state index contributed by atoms with van der Waals surface area (Å²) in [5.74, 6) is 2.30. The van der Waals surface area contributed by atoms with Gasteiger partial charge in [-0.05, 0) is 85.5 Å². The average molecular weight is 624 g/mol.